The fraction of sp³-hybridized carbons (Fsp3) is 0.714. The lowest BCUT2D eigenvalue weighted by Gasteiger charge is -2.12. The van der Waals surface area contributed by atoms with Crippen molar-refractivity contribution < 1.29 is 19.1 Å². The van der Waals surface area contributed by atoms with E-state index in [0.29, 0.717) is 18.5 Å². The van der Waals surface area contributed by atoms with Crippen molar-refractivity contribution in [3.63, 3.8) is 0 Å². The fourth-order valence-electron chi connectivity index (χ4n) is 1.19. The molecule has 1 atom stereocenters. The molecule has 0 heterocycles. The maximum Gasteiger partial charge on any atom is 0.333 e. The molecule has 0 rings (SSSR count). The van der Waals surface area contributed by atoms with E-state index in [1.807, 2.05) is 6.92 Å². The van der Waals surface area contributed by atoms with Crippen molar-refractivity contribution >= 4 is 11.9 Å². The molecule has 0 amide bonds. The summed E-state index contributed by atoms with van der Waals surface area (Å²) in [7, 11) is 0. The summed E-state index contributed by atoms with van der Waals surface area (Å²) in [4.78, 5) is 22.5. The first-order chi connectivity index (χ1) is 8.97. The Hall–Kier alpha value is -1.36. The predicted molar refractivity (Wildman–Crippen MR) is 73.7 cm³/mol. The third-order valence-electron chi connectivity index (χ3n) is 2.31. The van der Waals surface area contributed by atoms with E-state index in [-0.39, 0.29) is 25.1 Å². The van der Waals surface area contributed by atoms with E-state index in [0.717, 1.165) is 13.0 Å². The number of carbonyl (C=O) groups excluding carboxylic acids is 2. The van der Waals surface area contributed by atoms with Gasteiger partial charge in [-0.1, -0.05) is 20.4 Å². The summed E-state index contributed by atoms with van der Waals surface area (Å²) >= 11 is 0. The van der Waals surface area contributed by atoms with E-state index in [4.69, 9.17) is 9.47 Å². The molecule has 1 N–H and O–H groups in total. The van der Waals surface area contributed by atoms with Gasteiger partial charge in [-0.05, 0) is 19.9 Å². The second-order valence-electron chi connectivity index (χ2n) is 4.67. The van der Waals surface area contributed by atoms with Crippen LogP contribution in [0.1, 0.15) is 33.6 Å². The normalized spacial score (nSPS) is 11.7. The minimum Gasteiger partial charge on any atom is -0.465 e. The quantitative estimate of drug-likeness (QED) is 0.372. The van der Waals surface area contributed by atoms with Gasteiger partial charge in [0, 0.05) is 18.0 Å². The van der Waals surface area contributed by atoms with Crippen LogP contribution in [0, 0.1) is 5.92 Å². The zero-order chi connectivity index (χ0) is 14.7. The van der Waals surface area contributed by atoms with E-state index in [1.54, 1.807) is 6.92 Å². The molecule has 0 aliphatic carbocycles. The molecule has 0 saturated carbocycles. The van der Waals surface area contributed by atoms with Crippen LogP contribution in [0.2, 0.25) is 0 Å². The van der Waals surface area contributed by atoms with Gasteiger partial charge in [0.25, 0.3) is 0 Å². The Bertz CT molecular complexity index is 302. The summed E-state index contributed by atoms with van der Waals surface area (Å²) in [6, 6.07) is 0. The molecule has 0 aromatic heterocycles. The fourth-order valence-corrected chi connectivity index (χ4v) is 1.19. The van der Waals surface area contributed by atoms with E-state index in [9.17, 15) is 9.59 Å². The lowest BCUT2D eigenvalue weighted by molar-refractivity contribution is -0.146. The molecule has 1 unspecified atom stereocenters. The van der Waals surface area contributed by atoms with Crippen LogP contribution in [0.3, 0.4) is 0 Å². The van der Waals surface area contributed by atoms with E-state index < -0.39 is 5.97 Å². The zero-order valence-electron chi connectivity index (χ0n) is 12.2. The average molecular weight is 271 g/mol. The summed E-state index contributed by atoms with van der Waals surface area (Å²) in [6.45, 7) is 11.0. The average Bonchev–Trinajstić information content (AvgIpc) is 2.38. The van der Waals surface area contributed by atoms with Crippen LogP contribution in [-0.4, -0.2) is 38.2 Å². The first kappa shape index (κ1) is 17.6. The molecule has 0 aromatic carbocycles. The van der Waals surface area contributed by atoms with Gasteiger partial charge in [0.1, 0.15) is 0 Å². The first-order valence-electron chi connectivity index (χ1n) is 6.66. The van der Waals surface area contributed by atoms with Crippen LogP contribution in [0.25, 0.3) is 0 Å². The van der Waals surface area contributed by atoms with Gasteiger partial charge < -0.3 is 14.8 Å². The number of hydrogen-bond acceptors (Lipinski definition) is 5. The third-order valence-corrected chi connectivity index (χ3v) is 2.31. The second-order valence-corrected chi connectivity index (χ2v) is 4.67. The van der Waals surface area contributed by atoms with Crippen LogP contribution in [0.15, 0.2) is 12.2 Å². The van der Waals surface area contributed by atoms with E-state index in [1.165, 1.54) is 0 Å². The summed E-state index contributed by atoms with van der Waals surface area (Å²) in [5.74, 6) is -0.667. The van der Waals surface area contributed by atoms with Crippen molar-refractivity contribution in [3.05, 3.63) is 12.2 Å². The molecule has 0 aromatic rings. The van der Waals surface area contributed by atoms with Crippen molar-refractivity contribution in [2.75, 3.05) is 26.3 Å². The number of carbonyl (C=O) groups is 2. The highest BCUT2D eigenvalue weighted by Crippen LogP contribution is 2.01. The molecule has 0 saturated heterocycles. The number of ether oxygens (including phenoxy) is 2. The first-order valence-corrected chi connectivity index (χ1v) is 6.66. The van der Waals surface area contributed by atoms with Crippen LogP contribution in [0.4, 0.5) is 0 Å². The lowest BCUT2D eigenvalue weighted by Crippen LogP contribution is -2.22. The molecule has 110 valence electrons. The summed E-state index contributed by atoms with van der Waals surface area (Å²) in [6.07, 6.45) is 1.40. The molecule has 0 radical (unpaired) electrons. The number of nitrogens with one attached hydrogen (secondary N) is 1. The second kappa shape index (κ2) is 10.6. The topological polar surface area (TPSA) is 64.6 Å². The van der Waals surface area contributed by atoms with Crippen molar-refractivity contribution in [3.8, 4) is 0 Å². The summed E-state index contributed by atoms with van der Waals surface area (Å²) in [5, 5.41) is 3.13. The van der Waals surface area contributed by atoms with Gasteiger partial charge in [-0.2, -0.15) is 0 Å². The molecule has 0 fully saturated rings. The number of esters is 2. The van der Waals surface area contributed by atoms with Crippen molar-refractivity contribution in [2.24, 2.45) is 5.92 Å². The van der Waals surface area contributed by atoms with Crippen LogP contribution in [-0.2, 0) is 19.1 Å². The summed E-state index contributed by atoms with van der Waals surface area (Å²) < 4.78 is 10.1. The van der Waals surface area contributed by atoms with Gasteiger partial charge >= 0.3 is 11.9 Å². The van der Waals surface area contributed by atoms with Gasteiger partial charge in [-0.3, -0.25) is 4.79 Å². The molecular formula is C14H25NO4. The maximum absolute atomic E-state index is 11.4. The van der Waals surface area contributed by atoms with Crippen LogP contribution in [0.5, 0.6) is 0 Å². The molecule has 5 heteroatoms. The molecule has 5 nitrogen and oxygen atoms in total. The maximum atomic E-state index is 11.4. The number of rotatable bonds is 10. The Kier molecular flexibility index (Phi) is 9.80. The van der Waals surface area contributed by atoms with Gasteiger partial charge in [-0.15, -0.1) is 0 Å². The minimum atomic E-state index is -0.415. The monoisotopic (exact) mass is 271 g/mol. The lowest BCUT2D eigenvalue weighted by atomic mass is 10.2. The van der Waals surface area contributed by atoms with Crippen molar-refractivity contribution in [1.29, 1.82) is 0 Å². The van der Waals surface area contributed by atoms with E-state index >= 15 is 0 Å². The highest BCUT2D eigenvalue weighted by Gasteiger charge is 2.10. The van der Waals surface area contributed by atoms with Gasteiger partial charge in [0.05, 0.1) is 19.6 Å². The van der Waals surface area contributed by atoms with Crippen LogP contribution < -0.4 is 5.32 Å². The third kappa shape index (κ3) is 10.3. The minimum absolute atomic E-state index is 0.0177. The van der Waals surface area contributed by atoms with Crippen LogP contribution >= 0.6 is 0 Å². The summed E-state index contributed by atoms with van der Waals surface area (Å²) in [5.41, 5.74) is 0.367. The SMILES string of the molecule is C=C(C)C(=O)OCC(C)COC(=O)CCNCCC. The largest absolute Gasteiger partial charge is 0.465 e. The molecule has 0 aliphatic rings. The van der Waals surface area contributed by atoms with E-state index in [2.05, 4.69) is 18.8 Å². The smallest absolute Gasteiger partial charge is 0.333 e. The molecular weight excluding hydrogens is 246 g/mol. The molecule has 0 aliphatic heterocycles. The highest BCUT2D eigenvalue weighted by molar-refractivity contribution is 5.86. The molecule has 0 spiro atoms. The Morgan fingerprint density at radius 1 is 1.21 bits per heavy atom. The Morgan fingerprint density at radius 2 is 1.84 bits per heavy atom. The van der Waals surface area contributed by atoms with Gasteiger partial charge in [0.2, 0.25) is 0 Å². The zero-order valence-corrected chi connectivity index (χ0v) is 12.2. The Balaban J connectivity index is 3.61. The van der Waals surface area contributed by atoms with Gasteiger partial charge in [0.15, 0.2) is 0 Å². The highest BCUT2D eigenvalue weighted by atomic mass is 16.5. The Morgan fingerprint density at radius 3 is 2.42 bits per heavy atom. The predicted octanol–water partition coefficient (Wildman–Crippen LogP) is 1.67. The molecule has 19 heavy (non-hydrogen) atoms. The van der Waals surface area contributed by atoms with Gasteiger partial charge in [-0.25, -0.2) is 4.79 Å². The standard InChI is InChI=1S/C14H25NO4/c1-5-7-15-8-6-13(16)18-9-12(4)10-19-14(17)11(2)3/h12,15H,2,5-10H2,1,3-4H3. The number of hydrogen-bond donors (Lipinski definition) is 1. The van der Waals surface area contributed by atoms with Crippen molar-refractivity contribution in [1.82, 2.24) is 5.32 Å². The molecule has 0 bridgehead atoms. The Labute approximate surface area is 115 Å². The van der Waals surface area contributed by atoms with Crippen molar-refractivity contribution in [2.45, 2.75) is 33.6 Å².